The zero-order valence-electron chi connectivity index (χ0n) is 13.7. The highest BCUT2D eigenvalue weighted by Crippen LogP contribution is 2.25. The van der Waals surface area contributed by atoms with Gasteiger partial charge in [-0.3, -0.25) is 9.58 Å². The fourth-order valence-corrected chi connectivity index (χ4v) is 3.00. The molecule has 0 amide bonds. The first-order chi connectivity index (χ1) is 9.40. The largest absolute Gasteiger partial charge is 0.311 e. The predicted molar refractivity (Wildman–Crippen MR) is 83.6 cm³/mol. The summed E-state index contributed by atoms with van der Waals surface area (Å²) in [7, 11) is 1.99. The van der Waals surface area contributed by atoms with E-state index in [0.717, 1.165) is 19.6 Å². The van der Waals surface area contributed by atoms with Gasteiger partial charge in [-0.2, -0.15) is 5.10 Å². The zero-order valence-corrected chi connectivity index (χ0v) is 13.7. The van der Waals surface area contributed by atoms with Crippen LogP contribution >= 0.6 is 0 Å². The molecule has 1 aromatic rings. The van der Waals surface area contributed by atoms with Gasteiger partial charge in [0.2, 0.25) is 0 Å². The lowest BCUT2D eigenvalue weighted by Crippen LogP contribution is -2.59. The van der Waals surface area contributed by atoms with Gasteiger partial charge in [0.15, 0.2) is 0 Å². The van der Waals surface area contributed by atoms with E-state index < -0.39 is 0 Å². The second-order valence-electron chi connectivity index (χ2n) is 7.18. The van der Waals surface area contributed by atoms with E-state index in [1.54, 1.807) is 0 Å². The van der Waals surface area contributed by atoms with Gasteiger partial charge in [0.05, 0.1) is 5.69 Å². The molecule has 0 aliphatic carbocycles. The molecule has 2 atom stereocenters. The standard InChI is InChI=1S/C16H30N4/c1-6-7-14-10-17-15(16(2,3)4)12-20(14)11-13-8-9-19(5)18-13/h8-9,14-15,17H,6-7,10-12H2,1-5H3. The maximum atomic E-state index is 4.54. The van der Waals surface area contributed by atoms with E-state index in [1.807, 2.05) is 17.9 Å². The smallest absolute Gasteiger partial charge is 0.0764 e. The average molecular weight is 278 g/mol. The molecule has 0 saturated carbocycles. The minimum Gasteiger partial charge on any atom is -0.311 e. The molecule has 1 fully saturated rings. The van der Waals surface area contributed by atoms with Crippen molar-refractivity contribution in [3.63, 3.8) is 0 Å². The van der Waals surface area contributed by atoms with Crippen LogP contribution in [-0.2, 0) is 13.6 Å². The first-order valence-corrected chi connectivity index (χ1v) is 7.86. The van der Waals surface area contributed by atoms with Crippen molar-refractivity contribution in [2.75, 3.05) is 13.1 Å². The summed E-state index contributed by atoms with van der Waals surface area (Å²) in [6.07, 6.45) is 4.54. The van der Waals surface area contributed by atoms with Crippen LogP contribution in [0.3, 0.4) is 0 Å². The highest BCUT2D eigenvalue weighted by Gasteiger charge is 2.33. The maximum absolute atomic E-state index is 4.54. The molecule has 20 heavy (non-hydrogen) atoms. The lowest BCUT2D eigenvalue weighted by molar-refractivity contribution is 0.0737. The molecule has 1 N–H and O–H groups in total. The van der Waals surface area contributed by atoms with Crippen LogP contribution in [0.4, 0.5) is 0 Å². The van der Waals surface area contributed by atoms with Crippen LogP contribution in [0.15, 0.2) is 12.3 Å². The van der Waals surface area contributed by atoms with E-state index in [9.17, 15) is 0 Å². The second-order valence-corrected chi connectivity index (χ2v) is 7.18. The van der Waals surface area contributed by atoms with Crippen LogP contribution in [-0.4, -0.2) is 39.9 Å². The van der Waals surface area contributed by atoms with Gasteiger partial charge in [-0.1, -0.05) is 34.1 Å². The number of aromatic nitrogens is 2. The van der Waals surface area contributed by atoms with Crippen LogP contribution in [0.1, 0.15) is 46.2 Å². The lowest BCUT2D eigenvalue weighted by Gasteiger charge is -2.45. The minimum absolute atomic E-state index is 0.305. The van der Waals surface area contributed by atoms with Crippen molar-refractivity contribution in [1.29, 1.82) is 0 Å². The molecular formula is C16H30N4. The van der Waals surface area contributed by atoms with Crippen LogP contribution < -0.4 is 5.32 Å². The third kappa shape index (κ3) is 3.83. The molecule has 2 rings (SSSR count). The molecule has 1 aliphatic heterocycles. The number of nitrogens with one attached hydrogen (secondary N) is 1. The van der Waals surface area contributed by atoms with Gasteiger partial charge in [0, 0.05) is 45.0 Å². The molecule has 1 saturated heterocycles. The van der Waals surface area contributed by atoms with E-state index in [0.29, 0.717) is 17.5 Å². The lowest BCUT2D eigenvalue weighted by atomic mass is 9.84. The van der Waals surface area contributed by atoms with Gasteiger partial charge < -0.3 is 5.32 Å². The normalized spacial score (nSPS) is 25.1. The molecule has 4 nitrogen and oxygen atoms in total. The maximum Gasteiger partial charge on any atom is 0.0764 e. The Morgan fingerprint density at radius 3 is 2.70 bits per heavy atom. The third-order valence-electron chi connectivity index (χ3n) is 4.33. The summed E-state index contributed by atoms with van der Waals surface area (Å²) >= 11 is 0. The second kappa shape index (κ2) is 6.27. The van der Waals surface area contributed by atoms with Crippen molar-refractivity contribution >= 4 is 0 Å². The summed E-state index contributed by atoms with van der Waals surface area (Å²) in [6.45, 7) is 12.4. The molecular weight excluding hydrogens is 248 g/mol. The summed E-state index contributed by atoms with van der Waals surface area (Å²) < 4.78 is 1.90. The number of rotatable bonds is 4. The van der Waals surface area contributed by atoms with Gasteiger partial charge in [-0.15, -0.1) is 0 Å². The quantitative estimate of drug-likeness (QED) is 0.918. The summed E-state index contributed by atoms with van der Waals surface area (Å²) in [6, 6.07) is 3.33. The van der Waals surface area contributed by atoms with E-state index >= 15 is 0 Å². The summed E-state index contributed by atoms with van der Waals surface area (Å²) in [5.74, 6) is 0. The van der Waals surface area contributed by atoms with E-state index in [4.69, 9.17) is 0 Å². The van der Waals surface area contributed by atoms with Crippen LogP contribution in [0.2, 0.25) is 0 Å². The van der Waals surface area contributed by atoms with Crippen molar-refractivity contribution in [2.24, 2.45) is 12.5 Å². The Bertz CT molecular complexity index is 418. The highest BCUT2D eigenvalue weighted by atomic mass is 15.3. The Kier molecular flexibility index (Phi) is 4.86. The van der Waals surface area contributed by atoms with Crippen molar-refractivity contribution in [2.45, 2.75) is 59.2 Å². The number of hydrogen-bond donors (Lipinski definition) is 1. The van der Waals surface area contributed by atoms with Gasteiger partial charge in [0.1, 0.15) is 0 Å². The molecule has 1 aromatic heterocycles. The van der Waals surface area contributed by atoms with E-state index in [-0.39, 0.29) is 0 Å². The molecule has 114 valence electrons. The van der Waals surface area contributed by atoms with Crippen molar-refractivity contribution in [3.05, 3.63) is 18.0 Å². The fourth-order valence-electron chi connectivity index (χ4n) is 3.00. The SMILES string of the molecule is CCCC1CNC(C(C)(C)C)CN1Cc1ccn(C)n1. The number of hydrogen-bond acceptors (Lipinski definition) is 3. The van der Waals surface area contributed by atoms with Gasteiger partial charge >= 0.3 is 0 Å². The van der Waals surface area contributed by atoms with Crippen LogP contribution in [0, 0.1) is 5.41 Å². The van der Waals surface area contributed by atoms with E-state index in [2.05, 4.69) is 49.1 Å². The Balaban J connectivity index is 2.06. The predicted octanol–water partition coefficient (Wildman–Crippen LogP) is 2.41. The molecule has 4 heteroatoms. The fraction of sp³-hybridized carbons (Fsp3) is 0.812. The Labute approximate surface area is 123 Å². The van der Waals surface area contributed by atoms with Gasteiger partial charge in [-0.25, -0.2) is 0 Å². The molecule has 0 aromatic carbocycles. The topological polar surface area (TPSA) is 33.1 Å². The highest BCUT2D eigenvalue weighted by molar-refractivity contribution is 5.01. The molecule has 0 spiro atoms. The number of piperazine rings is 1. The first kappa shape index (κ1) is 15.5. The van der Waals surface area contributed by atoms with Crippen molar-refractivity contribution in [3.8, 4) is 0 Å². The van der Waals surface area contributed by atoms with Crippen LogP contribution in [0.25, 0.3) is 0 Å². The molecule has 0 radical (unpaired) electrons. The van der Waals surface area contributed by atoms with Crippen molar-refractivity contribution in [1.82, 2.24) is 20.0 Å². The molecule has 2 unspecified atom stereocenters. The molecule has 0 bridgehead atoms. The summed E-state index contributed by atoms with van der Waals surface area (Å²) in [5, 5.41) is 8.29. The first-order valence-electron chi connectivity index (χ1n) is 7.86. The number of nitrogens with zero attached hydrogens (tertiary/aromatic N) is 3. The Morgan fingerprint density at radius 2 is 2.15 bits per heavy atom. The summed E-state index contributed by atoms with van der Waals surface area (Å²) in [5.41, 5.74) is 1.49. The molecule has 1 aliphatic rings. The van der Waals surface area contributed by atoms with Gasteiger partial charge in [-0.05, 0) is 17.9 Å². The minimum atomic E-state index is 0.305. The zero-order chi connectivity index (χ0) is 14.8. The summed E-state index contributed by atoms with van der Waals surface area (Å²) in [4.78, 5) is 2.62. The van der Waals surface area contributed by atoms with E-state index in [1.165, 1.54) is 18.5 Å². The third-order valence-corrected chi connectivity index (χ3v) is 4.33. The van der Waals surface area contributed by atoms with Crippen LogP contribution in [0.5, 0.6) is 0 Å². The van der Waals surface area contributed by atoms with Crippen molar-refractivity contribution < 1.29 is 0 Å². The monoisotopic (exact) mass is 278 g/mol. The Hall–Kier alpha value is -0.870. The Morgan fingerprint density at radius 1 is 1.40 bits per heavy atom. The molecule has 2 heterocycles. The van der Waals surface area contributed by atoms with Gasteiger partial charge in [0.25, 0.3) is 0 Å². The number of aryl methyl sites for hydroxylation is 1. The average Bonchev–Trinajstić information content (AvgIpc) is 2.76.